The summed E-state index contributed by atoms with van der Waals surface area (Å²) < 4.78 is 1.18. The molecule has 2 saturated heterocycles. The number of piperazine rings is 1. The Morgan fingerprint density at radius 1 is 1.08 bits per heavy atom. The third-order valence-electron chi connectivity index (χ3n) is 5.10. The van der Waals surface area contributed by atoms with Gasteiger partial charge in [0, 0.05) is 43.6 Å². The molecule has 2 unspecified atom stereocenters. The maximum atomic E-state index is 12.8. The van der Waals surface area contributed by atoms with Crippen LogP contribution in [0.3, 0.4) is 0 Å². The minimum atomic E-state index is -0.139. The quantitative estimate of drug-likeness (QED) is 0.776. The van der Waals surface area contributed by atoms with Gasteiger partial charge in [-0.1, -0.05) is 30.3 Å². The van der Waals surface area contributed by atoms with Crippen molar-refractivity contribution in [2.45, 2.75) is 25.0 Å². The molecule has 2 fully saturated rings. The van der Waals surface area contributed by atoms with Gasteiger partial charge < -0.3 is 4.90 Å². The summed E-state index contributed by atoms with van der Waals surface area (Å²) >= 11 is 5.30. The van der Waals surface area contributed by atoms with E-state index in [4.69, 9.17) is 0 Å². The van der Waals surface area contributed by atoms with Crippen LogP contribution < -0.4 is 10.9 Å². The highest BCUT2D eigenvalue weighted by molar-refractivity contribution is 9.11. The second-order valence-corrected chi connectivity index (χ2v) is 9.40. The normalized spacial score (nSPS) is 24.1. The first kappa shape index (κ1) is 18.1. The minimum absolute atomic E-state index is 0.139. The molecule has 0 saturated carbocycles. The van der Waals surface area contributed by atoms with Gasteiger partial charge in [0.15, 0.2) is 0 Å². The molecule has 1 aromatic heterocycles. The number of amides is 1. The number of hydrazine groups is 1. The Balaban J connectivity index is 1.27. The SMILES string of the molecule is O=C(C1CC(c2ccccc2)NN1)N1CCN(Cc2ccc(Br)s2)CC1. The molecule has 0 radical (unpaired) electrons. The van der Waals surface area contributed by atoms with Crippen LogP contribution in [0, 0.1) is 0 Å². The number of halogens is 1. The van der Waals surface area contributed by atoms with Crippen molar-refractivity contribution < 1.29 is 4.79 Å². The van der Waals surface area contributed by atoms with Crippen molar-refractivity contribution in [3.8, 4) is 0 Å². The van der Waals surface area contributed by atoms with Crippen molar-refractivity contribution in [2.24, 2.45) is 0 Å². The fraction of sp³-hybridized carbons (Fsp3) is 0.421. The number of nitrogens with zero attached hydrogens (tertiary/aromatic N) is 2. The Labute approximate surface area is 166 Å². The van der Waals surface area contributed by atoms with Gasteiger partial charge in [0.25, 0.3) is 0 Å². The van der Waals surface area contributed by atoms with Crippen LogP contribution in [0.25, 0.3) is 0 Å². The van der Waals surface area contributed by atoms with E-state index in [1.54, 1.807) is 11.3 Å². The molecule has 2 aliphatic heterocycles. The fourth-order valence-corrected chi connectivity index (χ4v) is 5.15. The summed E-state index contributed by atoms with van der Waals surface area (Å²) in [5.74, 6) is 0.217. The molecule has 138 valence electrons. The summed E-state index contributed by atoms with van der Waals surface area (Å²) in [5, 5.41) is 0. The van der Waals surface area contributed by atoms with Crippen molar-refractivity contribution >= 4 is 33.2 Å². The van der Waals surface area contributed by atoms with Gasteiger partial charge in [-0.05, 0) is 40.0 Å². The van der Waals surface area contributed by atoms with Gasteiger partial charge in [-0.25, -0.2) is 10.9 Å². The Bertz CT molecular complexity index is 745. The molecule has 1 aromatic carbocycles. The lowest BCUT2D eigenvalue weighted by atomic mass is 10.0. The van der Waals surface area contributed by atoms with Crippen molar-refractivity contribution in [1.82, 2.24) is 20.7 Å². The lowest BCUT2D eigenvalue weighted by Crippen LogP contribution is -2.53. The molecule has 2 atom stereocenters. The number of hydrogen-bond donors (Lipinski definition) is 2. The van der Waals surface area contributed by atoms with Crippen molar-refractivity contribution in [3.05, 3.63) is 56.7 Å². The maximum absolute atomic E-state index is 12.8. The lowest BCUT2D eigenvalue weighted by Gasteiger charge is -2.35. The number of benzene rings is 1. The highest BCUT2D eigenvalue weighted by Gasteiger charge is 2.34. The topological polar surface area (TPSA) is 47.6 Å². The first-order chi connectivity index (χ1) is 12.7. The molecule has 5 nitrogen and oxygen atoms in total. The summed E-state index contributed by atoms with van der Waals surface area (Å²) in [7, 11) is 0. The number of hydrogen-bond acceptors (Lipinski definition) is 5. The smallest absolute Gasteiger partial charge is 0.241 e. The number of carbonyl (C=O) groups is 1. The van der Waals surface area contributed by atoms with Crippen molar-refractivity contribution in [3.63, 3.8) is 0 Å². The van der Waals surface area contributed by atoms with Crippen molar-refractivity contribution in [2.75, 3.05) is 26.2 Å². The average Bonchev–Trinajstić information content (AvgIpc) is 3.32. The van der Waals surface area contributed by atoms with E-state index in [-0.39, 0.29) is 18.0 Å². The van der Waals surface area contributed by atoms with Crippen LogP contribution in [-0.4, -0.2) is 47.9 Å². The van der Waals surface area contributed by atoms with Crippen molar-refractivity contribution in [1.29, 1.82) is 0 Å². The van der Waals surface area contributed by atoms with Crippen LogP contribution in [0.15, 0.2) is 46.3 Å². The van der Waals surface area contributed by atoms with Crippen LogP contribution >= 0.6 is 27.3 Å². The van der Waals surface area contributed by atoms with E-state index in [0.717, 1.165) is 39.1 Å². The summed E-state index contributed by atoms with van der Waals surface area (Å²) in [6.45, 7) is 4.45. The Kier molecular flexibility index (Phi) is 5.71. The van der Waals surface area contributed by atoms with Gasteiger partial charge >= 0.3 is 0 Å². The Hall–Kier alpha value is -1.25. The molecule has 0 aliphatic carbocycles. The van der Waals surface area contributed by atoms with Crippen LogP contribution in [0.5, 0.6) is 0 Å². The molecular weight excluding hydrogens is 412 g/mol. The zero-order chi connectivity index (χ0) is 17.9. The van der Waals surface area contributed by atoms with E-state index >= 15 is 0 Å². The van der Waals surface area contributed by atoms with Gasteiger partial charge in [-0.3, -0.25) is 9.69 Å². The molecule has 2 N–H and O–H groups in total. The number of rotatable bonds is 4. The zero-order valence-electron chi connectivity index (χ0n) is 14.5. The number of thiophene rings is 1. The van der Waals surface area contributed by atoms with Gasteiger partial charge in [0.2, 0.25) is 5.91 Å². The number of nitrogens with one attached hydrogen (secondary N) is 2. The number of carbonyl (C=O) groups excluding carboxylic acids is 1. The van der Waals surface area contributed by atoms with Crippen LogP contribution in [0.2, 0.25) is 0 Å². The molecular formula is C19H23BrN4OS. The molecule has 2 aromatic rings. The average molecular weight is 435 g/mol. The van der Waals surface area contributed by atoms with E-state index in [0.29, 0.717) is 0 Å². The third kappa shape index (κ3) is 4.18. The zero-order valence-corrected chi connectivity index (χ0v) is 16.9. The summed E-state index contributed by atoms with van der Waals surface area (Å²) in [5.41, 5.74) is 7.70. The standard InChI is InChI=1S/C19H23BrN4OS/c20-18-7-6-15(26-18)13-23-8-10-24(11-9-23)19(25)17-12-16(21-22-17)14-4-2-1-3-5-14/h1-7,16-17,21-22H,8-13H2. The predicted octanol–water partition coefficient (Wildman–Crippen LogP) is 2.76. The molecule has 0 spiro atoms. The van der Waals surface area contributed by atoms with E-state index in [1.165, 1.54) is 14.2 Å². The van der Waals surface area contributed by atoms with Gasteiger partial charge in [0.1, 0.15) is 6.04 Å². The fourth-order valence-electron chi connectivity index (χ4n) is 3.63. The summed E-state index contributed by atoms with van der Waals surface area (Å²) in [6.07, 6.45) is 0.798. The predicted molar refractivity (Wildman–Crippen MR) is 108 cm³/mol. The Morgan fingerprint density at radius 2 is 1.85 bits per heavy atom. The first-order valence-electron chi connectivity index (χ1n) is 9.00. The van der Waals surface area contributed by atoms with Gasteiger partial charge in [0.05, 0.1) is 3.79 Å². The molecule has 26 heavy (non-hydrogen) atoms. The largest absolute Gasteiger partial charge is 0.339 e. The monoisotopic (exact) mass is 434 g/mol. The van der Waals surface area contributed by atoms with Crippen LogP contribution in [0.1, 0.15) is 22.9 Å². The van der Waals surface area contributed by atoms with Crippen LogP contribution in [0.4, 0.5) is 0 Å². The maximum Gasteiger partial charge on any atom is 0.241 e. The molecule has 7 heteroatoms. The second-order valence-electron chi connectivity index (χ2n) is 6.85. The highest BCUT2D eigenvalue weighted by atomic mass is 79.9. The summed E-state index contributed by atoms with van der Waals surface area (Å²) in [6, 6.07) is 14.6. The highest BCUT2D eigenvalue weighted by Crippen LogP contribution is 2.25. The summed E-state index contributed by atoms with van der Waals surface area (Å²) in [4.78, 5) is 18.6. The molecule has 4 rings (SSSR count). The molecule has 1 amide bonds. The third-order valence-corrected chi connectivity index (χ3v) is 6.70. The Morgan fingerprint density at radius 3 is 2.54 bits per heavy atom. The lowest BCUT2D eigenvalue weighted by molar-refractivity contribution is -0.135. The van der Waals surface area contributed by atoms with E-state index in [1.807, 2.05) is 23.1 Å². The molecule has 0 bridgehead atoms. The first-order valence-corrected chi connectivity index (χ1v) is 10.6. The molecule has 2 aliphatic rings. The minimum Gasteiger partial charge on any atom is -0.339 e. The van der Waals surface area contributed by atoms with E-state index < -0.39 is 0 Å². The van der Waals surface area contributed by atoms with E-state index in [2.05, 4.69) is 55.9 Å². The van der Waals surface area contributed by atoms with E-state index in [9.17, 15) is 4.79 Å². The second kappa shape index (κ2) is 8.19. The van der Waals surface area contributed by atoms with Gasteiger partial charge in [-0.15, -0.1) is 11.3 Å². The molecule has 3 heterocycles. The van der Waals surface area contributed by atoms with Crippen LogP contribution in [-0.2, 0) is 11.3 Å². The van der Waals surface area contributed by atoms with Gasteiger partial charge in [-0.2, -0.15) is 0 Å².